The van der Waals surface area contributed by atoms with E-state index in [9.17, 15) is 10.1 Å². The van der Waals surface area contributed by atoms with Crippen LogP contribution >= 0.6 is 0 Å². The van der Waals surface area contributed by atoms with Crippen molar-refractivity contribution in [3.63, 3.8) is 0 Å². The second-order valence-corrected chi connectivity index (χ2v) is 5.04. The molecule has 4 nitrogen and oxygen atoms in total. The van der Waals surface area contributed by atoms with E-state index in [-0.39, 0.29) is 16.0 Å². The van der Waals surface area contributed by atoms with Crippen LogP contribution in [0.4, 0.5) is 0 Å². The summed E-state index contributed by atoms with van der Waals surface area (Å²) < 4.78 is 0. The Hall–Kier alpha value is -1.71. The number of rotatable bonds is 1. The standard InChI is InChI=1S/C12H14N2O2/c1-12(2,3)10-7-13-11-5-4-8(14(15)16)6-9(10)11/h4-5,7H,6H2,1-3H3. The Morgan fingerprint density at radius 2 is 2.06 bits per heavy atom. The summed E-state index contributed by atoms with van der Waals surface area (Å²) >= 11 is 0. The summed E-state index contributed by atoms with van der Waals surface area (Å²) in [6.07, 6.45) is 5.48. The Balaban J connectivity index is 2.44. The maximum atomic E-state index is 10.7. The number of allylic oxidation sites excluding steroid dienone is 5. The molecule has 0 aromatic rings. The molecule has 84 valence electrons. The van der Waals surface area contributed by atoms with Gasteiger partial charge in [0.1, 0.15) is 0 Å². The molecular weight excluding hydrogens is 204 g/mol. The average molecular weight is 218 g/mol. The van der Waals surface area contributed by atoms with Crippen molar-refractivity contribution in [2.75, 3.05) is 0 Å². The second-order valence-electron chi connectivity index (χ2n) is 5.04. The lowest BCUT2D eigenvalue weighted by atomic mass is 9.82. The molecule has 2 aliphatic rings. The quantitative estimate of drug-likeness (QED) is 0.502. The number of aliphatic imine (C=N–C) groups is 1. The van der Waals surface area contributed by atoms with Gasteiger partial charge in [-0.3, -0.25) is 15.1 Å². The van der Waals surface area contributed by atoms with Crippen LogP contribution in [0.3, 0.4) is 0 Å². The van der Waals surface area contributed by atoms with Crippen molar-refractivity contribution >= 4 is 6.21 Å². The second kappa shape index (κ2) is 3.40. The first-order valence-electron chi connectivity index (χ1n) is 5.23. The minimum absolute atomic E-state index is 0.0204. The van der Waals surface area contributed by atoms with Gasteiger partial charge in [-0.1, -0.05) is 20.8 Å². The van der Waals surface area contributed by atoms with E-state index in [0.717, 1.165) is 16.8 Å². The number of hydrogen-bond acceptors (Lipinski definition) is 3. The van der Waals surface area contributed by atoms with Gasteiger partial charge >= 0.3 is 0 Å². The molecule has 0 unspecified atom stereocenters. The molecule has 1 heterocycles. The van der Waals surface area contributed by atoms with Crippen LogP contribution in [0.2, 0.25) is 0 Å². The summed E-state index contributed by atoms with van der Waals surface area (Å²) in [6.45, 7) is 6.28. The van der Waals surface area contributed by atoms with Gasteiger partial charge in [0.15, 0.2) is 0 Å². The summed E-state index contributed by atoms with van der Waals surface area (Å²) in [7, 11) is 0. The van der Waals surface area contributed by atoms with E-state index in [1.54, 1.807) is 12.2 Å². The Morgan fingerprint density at radius 1 is 1.38 bits per heavy atom. The zero-order valence-corrected chi connectivity index (χ0v) is 9.65. The minimum Gasteiger partial charge on any atom is -0.259 e. The van der Waals surface area contributed by atoms with E-state index in [1.165, 1.54) is 0 Å². The van der Waals surface area contributed by atoms with E-state index in [4.69, 9.17) is 0 Å². The van der Waals surface area contributed by atoms with Crippen molar-refractivity contribution in [2.24, 2.45) is 10.4 Å². The third-order valence-electron chi connectivity index (χ3n) is 2.80. The molecule has 2 rings (SSSR count). The third kappa shape index (κ3) is 1.71. The highest BCUT2D eigenvalue weighted by Crippen LogP contribution is 2.38. The lowest BCUT2D eigenvalue weighted by Crippen LogP contribution is -2.13. The molecule has 0 N–H and O–H groups in total. The van der Waals surface area contributed by atoms with Crippen LogP contribution in [0.1, 0.15) is 27.2 Å². The van der Waals surface area contributed by atoms with Crippen molar-refractivity contribution in [3.05, 3.63) is 44.8 Å². The van der Waals surface area contributed by atoms with Gasteiger partial charge in [0.2, 0.25) is 0 Å². The highest BCUT2D eigenvalue weighted by Gasteiger charge is 2.30. The molecule has 0 bridgehead atoms. The molecule has 0 atom stereocenters. The van der Waals surface area contributed by atoms with Crippen LogP contribution in [0.5, 0.6) is 0 Å². The average Bonchev–Trinajstić information content (AvgIpc) is 2.58. The summed E-state index contributed by atoms with van der Waals surface area (Å²) in [5.74, 6) is 0. The Labute approximate surface area is 94.2 Å². The van der Waals surface area contributed by atoms with Gasteiger partial charge < -0.3 is 0 Å². The smallest absolute Gasteiger partial charge is 0.250 e. The van der Waals surface area contributed by atoms with Crippen LogP contribution < -0.4 is 0 Å². The van der Waals surface area contributed by atoms with Crippen molar-refractivity contribution < 1.29 is 4.92 Å². The molecule has 1 aliphatic carbocycles. The largest absolute Gasteiger partial charge is 0.259 e. The van der Waals surface area contributed by atoms with Crippen molar-refractivity contribution in [2.45, 2.75) is 27.2 Å². The first-order valence-corrected chi connectivity index (χ1v) is 5.23. The molecule has 0 aromatic carbocycles. The highest BCUT2D eigenvalue weighted by molar-refractivity contribution is 5.88. The van der Waals surface area contributed by atoms with Crippen LogP contribution in [-0.4, -0.2) is 11.1 Å². The van der Waals surface area contributed by atoms with E-state index < -0.39 is 0 Å². The maximum Gasteiger partial charge on any atom is 0.250 e. The fraction of sp³-hybridized carbons (Fsp3) is 0.417. The molecule has 16 heavy (non-hydrogen) atoms. The van der Waals surface area contributed by atoms with Crippen LogP contribution in [0.15, 0.2) is 39.7 Å². The van der Waals surface area contributed by atoms with Gasteiger partial charge in [-0.05, 0) is 22.6 Å². The summed E-state index contributed by atoms with van der Waals surface area (Å²) in [5.41, 5.74) is 3.20. The van der Waals surface area contributed by atoms with E-state index in [0.29, 0.717) is 6.42 Å². The van der Waals surface area contributed by atoms with Crippen LogP contribution in [0.25, 0.3) is 0 Å². The van der Waals surface area contributed by atoms with Gasteiger partial charge in [0.25, 0.3) is 5.70 Å². The molecule has 1 aliphatic heterocycles. The van der Waals surface area contributed by atoms with Gasteiger partial charge in [-0.15, -0.1) is 0 Å². The first-order chi connectivity index (χ1) is 7.39. The minimum atomic E-state index is -0.321. The van der Waals surface area contributed by atoms with Gasteiger partial charge in [0, 0.05) is 12.3 Å². The molecule has 0 spiro atoms. The lowest BCUT2D eigenvalue weighted by Gasteiger charge is -2.21. The Morgan fingerprint density at radius 3 is 2.62 bits per heavy atom. The number of nitrogens with zero attached hydrogens (tertiary/aromatic N) is 2. The normalized spacial score (nSPS) is 19.4. The fourth-order valence-corrected chi connectivity index (χ4v) is 1.94. The zero-order chi connectivity index (χ0) is 11.9. The van der Waals surface area contributed by atoms with Crippen LogP contribution in [-0.2, 0) is 0 Å². The van der Waals surface area contributed by atoms with Crippen molar-refractivity contribution in [3.8, 4) is 0 Å². The molecule has 0 fully saturated rings. The summed E-state index contributed by atoms with van der Waals surface area (Å²) in [6, 6.07) is 0. The lowest BCUT2D eigenvalue weighted by molar-refractivity contribution is -0.427. The Kier molecular flexibility index (Phi) is 2.30. The van der Waals surface area contributed by atoms with E-state index in [2.05, 4.69) is 25.8 Å². The molecule has 4 heteroatoms. The third-order valence-corrected chi connectivity index (χ3v) is 2.80. The molecular formula is C12H14N2O2. The monoisotopic (exact) mass is 218 g/mol. The maximum absolute atomic E-state index is 10.7. The molecule has 0 aromatic heterocycles. The van der Waals surface area contributed by atoms with E-state index in [1.807, 2.05) is 6.21 Å². The summed E-state index contributed by atoms with van der Waals surface area (Å²) in [4.78, 5) is 14.7. The number of hydrogen-bond donors (Lipinski definition) is 0. The van der Waals surface area contributed by atoms with E-state index >= 15 is 0 Å². The number of fused-ring (bicyclic) bond motifs is 1. The van der Waals surface area contributed by atoms with Crippen molar-refractivity contribution in [1.82, 2.24) is 0 Å². The zero-order valence-electron chi connectivity index (χ0n) is 9.65. The van der Waals surface area contributed by atoms with Gasteiger partial charge in [-0.25, -0.2) is 0 Å². The highest BCUT2D eigenvalue weighted by atomic mass is 16.6. The van der Waals surface area contributed by atoms with Crippen LogP contribution in [0, 0.1) is 15.5 Å². The van der Waals surface area contributed by atoms with Gasteiger partial charge in [-0.2, -0.15) is 0 Å². The fourth-order valence-electron chi connectivity index (χ4n) is 1.94. The molecule has 0 radical (unpaired) electrons. The molecule has 0 amide bonds. The topological polar surface area (TPSA) is 55.5 Å². The predicted octanol–water partition coefficient (Wildman–Crippen LogP) is 2.86. The predicted molar refractivity (Wildman–Crippen MR) is 62.8 cm³/mol. The summed E-state index contributed by atoms with van der Waals surface area (Å²) in [5, 5.41) is 10.7. The van der Waals surface area contributed by atoms with Gasteiger partial charge in [0.05, 0.1) is 17.0 Å². The first kappa shape index (κ1) is 10.8. The molecule has 0 saturated carbocycles. The number of nitro groups is 1. The van der Waals surface area contributed by atoms with Crippen molar-refractivity contribution in [1.29, 1.82) is 0 Å². The Bertz CT molecular complexity index is 474. The molecule has 0 saturated heterocycles. The SMILES string of the molecule is CC(C)(C)C1=C2CC([N+](=O)[O-])=CC=C2N=C1.